The van der Waals surface area contributed by atoms with Crippen molar-refractivity contribution in [2.45, 2.75) is 96.8 Å². The van der Waals surface area contributed by atoms with E-state index in [1.54, 1.807) is 56.4 Å². The van der Waals surface area contributed by atoms with Gasteiger partial charge in [-0.2, -0.15) is 8.42 Å². The van der Waals surface area contributed by atoms with Crippen LogP contribution in [0.2, 0.25) is 0 Å². The highest BCUT2D eigenvalue weighted by Gasteiger charge is 2.34. The van der Waals surface area contributed by atoms with Gasteiger partial charge >= 0.3 is 5.97 Å². The lowest BCUT2D eigenvalue weighted by Crippen LogP contribution is -2.43. The minimum Gasteiger partial charge on any atom is -0.494 e. The number of carbonyl (C=O) groups excluding carboxylic acids is 2. The Morgan fingerprint density at radius 1 is 0.868 bits per heavy atom. The number of hydrogen-bond donors (Lipinski definition) is 1. The molecule has 0 aliphatic carbocycles. The molecule has 1 aliphatic rings. The fourth-order valence-corrected chi connectivity index (χ4v) is 7.52. The van der Waals surface area contributed by atoms with Crippen LogP contribution in [-0.2, 0) is 19.6 Å². The largest absolute Gasteiger partial charge is 0.494 e. The fraction of sp³-hybridized carbons (Fsp3) is 0.463. The van der Waals surface area contributed by atoms with Crippen molar-refractivity contribution in [3.63, 3.8) is 0 Å². The molecule has 0 aromatic heterocycles. The summed E-state index contributed by atoms with van der Waals surface area (Å²) in [5.74, 6) is -0.979. The number of rotatable bonds is 20. The highest BCUT2D eigenvalue weighted by Crippen LogP contribution is 2.35. The van der Waals surface area contributed by atoms with Crippen LogP contribution in [0.4, 0.5) is 22.7 Å². The van der Waals surface area contributed by atoms with E-state index in [0.29, 0.717) is 35.0 Å². The molecule has 11 nitrogen and oxygen atoms in total. The summed E-state index contributed by atoms with van der Waals surface area (Å²) in [6.07, 6.45) is 11.8. The van der Waals surface area contributed by atoms with Crippen molar-refractivity contribution >= 4 is 56.2 Å². The van der Waals surface area contributed by atoms with E-state index in [0.717, 1.165) is 38.0 Å². The topological polar surface area (TPSA) is 130 Å². The predicted octanol–water partition coefficient (Wildman–Crippen LogP) is 8.88. The number of fused-ring (bicyclic) bond motifs is 1. The maximum absolute atomic E-state index is 14.3. The van der Waals surface area contributed by atoms with E-state index >= 15 is 0 Å². The Morgan fingerprint density at radius 3 is 2.19 bits per heavy atom. The molecule has 286 valence electrons. The number of esters is 1. The van der Waals surface area contributed by atoms with Crippen LogP contribution in [0.1, 0.15) is 101 Å². The van der Waals surface area contributed by atoms with Gasteiger partial charge in [-0.1, -0.05) is 82.9 Å². The third kappa shape index (κ3) is 10.9. The number of methoxy groups -OCH3 is 1. The molecular formula is C41H55N5O6S. The number of hydrogen-bond acceptors (Lipinski definition) is 9. The number of nitrogens with zero attached hydrogens (tertiary/aromatic N) is 4. The lowest BCUT2D eigenvalue weighted by Gasteiger charge is -2.27. The zero-order valence-electron chi connectivity index (χ0n) is 32.1. The third-order valence-corrected chi connectivity index (χ3v) is 10.7. The minimum atomic E-state index is -4.17. The molecule has 0 saturated carbocycles. The summed E-state index contributed by atoms with van der Waals surface area (Å²) in [7, 11) is -1.03. The van der Waals surface area contributed by atoms with Crippen molar-refractivity contribution in [1.29, 1.82) is 0 Å². The molecule has 0 fully saturated rings. The average molecular weight is 746 g/mol. The minimum absolute atomic E-state index is 0.0204. The monoisotopic (exact) mass is 745 g/mol. The quantitative estimate of drug-likeness (QED) is 0.0690. The van der Waals surface area contributed by atoms with Gasteiger partial charge in [-0.3, -0.25) is 4.79 Å². The molecule has 53 heavy (non-hydrogen) atoms. The van der Waals surface area contributed by atoms with Gasteiger partial charge in [0.25, 0.3) is 15.9 Å². The van der Waals surface area contributed by atoms with Gasteiger partial charge < -0.3 is 24.6 Å². The number of carbonyl (C=O) groups is 2. The Kier molecular flexibility index (Phi) is 15.4. The SMILES string of the molecule is CCCCCCCCCCCCOC(=O)c1ccc(C)c(NC(=O)C(=Nc2ccc(N(CC)CC)cc2OC)C2=NS(=O)(=O)c3ccccc3N2C)c1. The number of amides is 1. The van der Waals surface area contributed by atoms with Crippen LogP contribution in [0.25, 0.3) is 0 Å². The molecule has 0 atom stereocenters. The van der Waals surface area contributed by atoms with Crippen LogP contribution in [0.15, 0.2) is 74.9 Å². The number of sulfonamides is 1. The van der Waals surface area contributed by atoms with Gasteiger partial charge in [0.2, 0.25) is 0 Å². The van der Waals surface area contributed by atoms with E-state index in [-0.39, 0.29) is 22.0 Å². The van der Waals surface area contributed by atoms with Crippen LogP contribution < -0.4 is 19.9 Å². The van der Waals surface area contributed by atoms with Gasteiger partial charge in [0, 0.05) is 37.6 Å². The number of para-hydroxylation sites is 1. The summed E-state index contributed by atoms with van der Waals surface area (Å²) in [5, 5.41) is 2.86. The van der Waals surface area contributed by atoms with Gasteiger partial charge in [-0.05, 0) is 69.2 Å². The second-order valence-corrected chi connectivity index (χ2v) is 14.8. The number of amidine groups is 1. The van der Waals surface area contributed by atoms with Crippen molar-refractivity contribution in [2.75, 3.05) is 49.0 Å². The highest BCUT2D eigenvalue weighted by atomic mass is 32.2. The van der Waals surface area contributed by atoms with Gasteiger partial charge in [0.05, 0.1) is 25.0 Å². The molecule has 3 aromatic rings. The van der Waals surface area contributed by atoms with Gasteiger partial charge in [0.15, 0.2) is 11.5 Å². The third-order valence-electron chi connectivity index (χ3n) is 9.43. The molecule has 0 radical (unpaired) electrons. The Balaban J connectivity index is 1.56. The van der Waals surface area contributed by atoms with E-state index in [1.807, 2.05) is 12.1 Å². The first kappa shape index (κ1) is 41.1. The molecule has 1 aliphatic heterocycles. The normalized spacial score (nSPS) is 13.6. The first-order valence-electron chi connectivity index (χ1n) is 18.8. The maximum atomic E-state index is 14.3. The van der Waals surface area contributed by atoms with Crippen LogP contribution in [0, 0.1) is 6.92 Å². The van der Waals surface area contributed by atoms with Crippen molar-refractivity contribution in [2.24, 2.45) is 9.39 Å². The molecule has 4 rings (SSSR count). The van der Waals surface area contributed by atoms with E-state index in [2.05, 4.69) is 35.4 Å². The second-order valence-electron chi connectivity index (χ2n) is 13.2. The summed E-state index contributed by atoms with van der Waals surface area (Å²) in [4.78, 5) is 35.7. The standard InChI is InChI=1S/C41H55N5O6S/c1-7-10-11-12-13-14-15-16-17-20-27-52-41(48)31-24-23-30(4)34(28-31)43-40(47)38(39-44-53(49,50)37-22-19-18-21-35(37)45(39)5)42-33-26-25-32(29-36(33)51-6)46(8-2)9-3/h18-19,21-26,28-29H,7-17,20,27H2,1-6H3,(H,43,47). The Hall–Kier alpha value is -4.71. The van der Waals surface area contributed by atoms with Crippen molar-refractivity contribution in [3.8, 4) is 5.75 Å². The van der Waals surface area contributed by atoms with E-state index in [1.165, 1.54) is 63.0 Å². The molecule has 0 unspecified atom stereocenters. The zero-order chi connectivity index (χ0) is 38.4. The molecule has 0 spiro atoms. The molecule has 1 heterocycles. The smallest absolute Gasteiger partial charge is 0.338 e. The molecule has 0 bridgehead atoms. The molecular weight excluding hydrogens is 691 g/mol. The van der Waals surface area contributed by atoms with Gasteiger partial charge in [-0.15, -0.1) is 4.40 Å². The number of anilines is 3. The summed E-state index contributed by atoms with van der Waals surface area (Å²) >= 11 is 0. The Bertz CT molecular complexity index is 1890. The van der Waals surface area contributed by atoms with Crippen molar-refractivity contribution in [1.82, 2.24) is 0 Å². The number of unbranched alkanes of at least 4 members (excludes halogenated alkanes) is 9. The van der Waals surface area contributed by atoms with Gasteiger partial charge in [0.1, 0.15) is 16.3 Å². The van der Waals surface area contributed by atoms with Crippen molar-refractivity contribution in [3.05, 3.63) is 71.8 Å². The molecule has 12 heteroatoms. The van der Waals surface area contributed by atoms with Crippen LogP contribution in [0.3, 0.4) is 0 Å². The summed E-state index contributed by atoms with van der Waals surface area (Å²) in [6.45, 7) is 10.00. The first-order chi connectivity index (χ1) is 25.5. The van der Waals surface area contributed by atoms with Crippen LogP contribution in [0.5, 0.6) is 5.75 Å². The zero-order valence-corrected chi connectivity index (χ0v) is 32.9. The lowest BCUT2D eigenvalue weighted by atomic mass is 10.1. The van der Waals surface area contributed by atoms with Crippen LogP contribution >= 0.6 is 0 Å². The first-order valence-corrected chi connectivity index (χ1v) is 20.3. The number of benzene rings is 3. The fourth-order valence-electron chi connectivity index (χ4n) is 6.26. The maximum Gasteiger partial charge on any atom is 0.338 e. The van der Waals surface area contributed by atoms with E-state index in [4.69, 9.17) is 14.5 Å². The second kappa shape index (κ2) is 19.9. The molecule has 0 saturated heterocycles. The molecule has 3 aromatic carbocycles. The Morgan fingerprint density at radius 2 is 1.53 bits per heavy atom. The number of nitrogens with one attached hydrogen (secondary N) is 1. The summed E-state index contributed by atoms with van der Waals surface area (Å²) in [6, 6.07) is 16.8. The van der Waals surface area contributed by atoms with E-state index in [9.17, 15) is 18.0 Å². The van der Waals surface area contributed by atoms with Crippen LogP contribution in [-0.4, -0.2) is 65.7 Å². The van der Waals surface area contributed by atoms with E-state index < -0.39 is 21.9 Å². The average Bonchev–Trinajstić information content (AvgIpc) is 3.16. The highest BCUT2D eigenvalue weighted by molar-refractivity contribution is 7.90. The number of ether oxygens (including phenoxy) is 2. The number of aryl methyl sites for hydroxylation is 1. The summed E-state index contributed by atoms with van der Waals surface area (Å²) < 4.78 is 42.1. The van der Waals surface area contributed by atoms with Gasteiger partial charge in [-0.25, -0.2) is 9.79 Å². The number of aliphatic imine (C=N–C) groups is 1. The molecule has 1 N–H and O–H groups in total. The summed E-state index contributed by atoms with van der Waals surface area (Å²) in [5.41, 5.74) is 2.63. The molecule has 1 amide bonds. The lowest BCUT2D eigenvalue weighted by molar-refractivity contribution is -0.110. The Labute approximate surface area is 315 Å². The van der Waals surface area contributed by atoms with Crippen molar-refractivity contribution < 1.29 is 27.5 Å². The predicted molar refractivity (Wildman–Crippen MR) is 215 cm³/mol.